The van der Waals surface area contributed by atoms with Crippen molar-refractivity contribution in [3.05, 3.63) is 46.6 Å². The van der Waals surface area contributed by atoms with Gasteiger partial charge in [0.25, 0.3) is 0 Å². The molecule has 3 nitrogen and oxygen atoms in total. The summed E-state index contributed by atoms with van der Waals surface area (Å²) >= 11 is 0. The van der Waals surface area contributed by atoms with E-state index >= 15 is 0 Å². The number of ether oxygens (including phenoxy) is 1. The van der Waals surface area contributed by atoms with Gasteiger partial charge in [0.15, 0.2) is 0 Å². The highest BCUT2D eigenvalue weighted by Crippen LogP contribution is 2.42. The summed E-state index contributed by atoms with van der Waals surface area (Å²) in [4.78, 5) is 10.7. The molecule has 0 aromatic rings. The third-order valence-corrected chi connectivity index (χ3v) is 5.01. The first-order chi connectivity index (χ1) is 11.6. The van der Waals surface area contributed by atoms with E-state index in [9.17, 15) is 9.90 Å². The van der Waals surface area contributed by atoms with Crippen LogP contribution in [0.2, 0.25) is 0 Å². The van der Waals surface area contributed by atoms with Gasteiger partial charge in [-0.1, -0.05) is 48.8 Å². The third kappa shape index (κ3) is 7.43. The van der Waals surface area contributed by atoms with Crippen molar-refractivity contribution in [1.29, 1.82) is 0 Å². The Labute approximate surface area is 153 Å². The maximum absolute atomic E-state index is 10.7. The van der Waals surface area contributed by atoms with Crippen molar-refractivity contribution in [2.45, 2.75) is 73.3 Å². The molecule has 1 aliphatic carbocycles. The molecule has 0 bridgehead atoms. The summed E-state index contributed by atoms with van der Waals surface area (Å²) < 4.78 is 4.87. The molecule has 0 radical (unpaired) electrons. The van der Waals surface area contributed by atoms with Crippen LogP contribution in [0.25, 0.3) is 0 Å². The van der Waals surface area contributed by atoms with Crippen LogP contribution in [-0.4, -0.2) is 23.8 Å². The molecule has 1 aliphatic rings. The lowest BCUT2D eigenvalue weighted by Gasteiger charge is -2.34. The Morgan fingerprint density at radius 1 is 1.28 bits per heavy atom. The Kier molecular flexibility index (Phi) is 8.37. The van der Waals surface area contributed by atoms with Gasteiger partial charge in [0, 0.05) is 6.92 Å². The molecule has 25 heavy (non-hydrogen) atoms. The first-order valence-corrected chi connectivity index (χ1v) is 9.15. The lowest BCUT2D eigenvalue weighted by molar-refractivity contribution is -0.139. The Balaban J connectivity index is 2.66. The van der Waals surface area contributed by atoms with Gasteiger partial charge in [-0.2, -0.15) is 0 Å². The molecule has 0 aromatic carbocycles. The highest BCUT2D eigenvalue weighted by Gasteiger charge is 2.27. The van der Waals surface area contributed by atoms with E-state index in [2.05, 4.69) is 26.8 Å². The van der Waals surface area contributed by atoms with E-state index in [1.165, 1.54) is 37.3 Å². The number of allylic oxidation sites excluding steroid dienone is 5. The average Bonchev–Trinajstić information content (AvgIpc) is 2.50. The molecule has 0 aromatic heterocycles. The van der Waals surface area contributed by atoms with Gasteiger partial charge in [-0.05, 0) is 63.5 Å². The number of hydrogen-bond acceptors (Lipinski definition) is 3. The van der Waals surface area contributed by atoms with E-state index in [0.29, 0.717) is 0 Å². The minimum absolute atomic E-state index is 0.260. The van der Waals surface area contributed by atoms with Crippen LogP contribution in [-0.2, 0) is 9.53 Å². The highest BCUT2D eigenvalue weighted by atomic mass is 16.5. The number of carbonyl (C=O) groups excluding carboxylic acids is 1. The molecule has 1 N–H and O–H groups in total. The van der Waals surface area contributed by atoms with Gasteiger partial charge in [0.1, 0.15) is 6.61 Å². The van der Waals surface area contributed by atoms with Crippen LogP contribution in [0.4, 0.5) is 0 Å². The maximum atomic E-state index is 10.7. The van der Waals surface area contributed by atoms with E-state index in [0.717, 1.165) is 17.6 Å². The summed E-state index contributed by atoms with van der Waals surface area (Å²) in [5.74, 6) is -0.290. The molecule has 140 valence electrons. The molecule has 1 atom stereocenters. The van der Waals surface area contributed by atoms with E-state index in [1.807, 2.05) is 26.0 Å². The summed E-state index contributed by atoms with van der Waals surface area (Å²) in [5, 5.41) is 10.3. The lowest BCUT2D eigenvalue weighted by atomic mass is 9.71. The smallest absolute Gasteiger partial charge is 0.302 e. The highest BCUT2D eigenvalue weighted by molar-refractivity contribution is 5.66. The van der Waals surface area contributed by atoms with Gasteiger partial charge >= 0.3 is 5.97 Å². The van der Waals surface area contributed by atoms with Crippen LogP contribution in [0.3, 0.4) is 0 Å². The Morgan fingerprint density at radius 3 is 2.56 bits per heavy atom. The van der Waals surface area contributed by atoms with Crippen LogP contribution in [0.15, 0.2) is 46.6 Å². The normalized spacial score (nSPS) is 20.1. The Morgan fingerprint density at radius 2 is 1.96 bits per heavy atom. The molecule has 0 amide bonds. The fourth-order valence-electron chi connectivity index (χ4n) is 3.26. The summed E-state index contributed by atoms with van der Waals surface area (Å²) in [6.07, 6.45) is 11.6. The number of esters is 1. The van der Waals surface area contributed by atoms with E-state index in [-0.39, 0.29) is 18.0 Å². The van der Waals surface area contributed by atoms with Crippen LogP contribution in [0, 0.1) is 5.41 Å². The third-order valence-electron chi connectivity index (χ3n) is 5.01. The number of aliphatic hydroxyl groups excluding tert-OH is 1. The largest absolute Gasteiger partial charge is 0.462 e. The van der Waals surface area contributed by atoms with Crippen molar-refractivity contribution in [3.8, 4) is 0 Å². The SMILES string of the molecule is CC(=O)OCC=C(C)/C=C\C(O)/C(C)=C/CC1=C(C)CCCC1(C)C. The lowest BCUT2D eigenvalue weighted by Crippen LogP contribution is -2.20. The van der Waals surface area contributed by atoms with Crippen molar-refractivity contribution in [3.63, 3.8) is 0 Å². The summed E-state index contributed by atoms with van der Waals surface area (Å²) in [5.41, 5.74) is 5.21. The monoisotopic (exact) mass is 346 g/mol. The predicted octanol–water partition coefficient (Wildman–Crippen LogP) is 5.28. The number of aliphatic hydroxyl groups is 1. The standard InChI is InChI=1S/C22H34O3/c1-16(13-15-25-19(4)23)9-12-21(24)18(3)10-11-20-17(2)8-7-14-22(20,5)6/h9-10,12-13,21,24H,7-8,11,14-15H2,1-6H3/b12-9-,16-13?,18-10+. The van der Waals surface area contributed by atoms with Crippen molar-refractivity contribution in [2.24, 2.45) is 5.41 Å². The molecule has 0 spiro atoms. The average molecular weight is 347 g/mol. The first kappa shape index (κ1) is 21.4. The quantitative estimate of drug-likeness (QED) is 0.388. The topological polar surface area (TPSA) is 46.5 Å². The van der Waals surface area contributed by atoms with Crippen molar-refractivity contribution < 1.29 is 14.6 Å². The molecule has 0 heterocycles. The van der Waals surface area contributed by atoms with Gasteiger partial charge in [0.05, 0.1) is 6.10 Å². The zero-order chi connectivity index (χ0) is 19.0. The van der Waals surface area contributed by atoms with E-state index in [1.54, 1.807) is 6.08 Å². The minimum Gasteiger partial charge on any atom is -0.462 e. The number of carbonyl (C=O) groups is 1. The zero-order valence-electron chi connectivity index (χ0n) is 16.7. The van der Waals surface area contributed by atoms with E-state index in [4.69, 9.17) is 4.74 Å². The number of hydrogen-bond donors (Lipinski definition) is 1. The van der Waals surface area contributed by atoms with Crippen LogP contribution in [0.5, 0.6) is 0 Å². The molecule has 3 heteroatoms. The summed E-state index contributed by atoms with van der Waals surface area (Å²) in [6, 6.07) is 0. The molecule has 0 saturated heterocycles. The fraction of sp³-hybridized carbons (Fsp3) is 0.591. The zero-order valence-corrected chi connectivity index (χ0v) is 16.7. The second-order valence-corrected chi connectivity index (χ2v) is 7.70. The fourth-order valence-corrected chi connectivity index (χ4v) is 3.26. The second kappa shape index (κ2) is 9.76. The van der Waals surface area contributed by atoms with Gasteiger partial charge in [0.2, 0.25) is 0 Å². The molecular formula is C22H34O3. The second-order valence-electron chi connectivity index (χ2n) is 7.70. The van der Waals surface area contributed by atoms with Crippen molar-refractivity contribution in [1.82, 2.24) is 0 Å². The van der Waals surface area contributed by atoms with Crippen LogP contribution >= 0.6 is 0 Å². The number of rotatable bonds is 7. The van der Waals surface area contributed by atoms with Crippen molar-refractivity contribution >= 4 is 5.97 Å². The summed E-state index contributed by atoms with van der Waals surface area (Å²) in [7, 11) is 0. The van der Waals surface area contributed by atoms with E-state index < -0.39 is 6.10 Å². The van der Waals surface area contributed by atoms with Gasteiger partial charge in [-0.3, -0.25) is 4.79 Å². The van der Waals surface area contributed by atoms with Gasteiger partial charge < -0.3 is 9.84 Å². The van der Waals surface area contributed by atoms with Crippen molar-refractivity contribution in [2.75, 3.05) is 6.61 Å². The van der Waals surface area contributed by atoms with Gasteiger partial charge in [-0.15, -0.1) is 0 Å². The van der Waals surface area contributed by atoms with Gasteiger partial charge in [-0.25, -0.2) is 0 Å². The first-order valence-electron chi connectivity index (χ1n) is 9.15. The molecule has 0 fully saturated rings. The molecule has 1 unspecified atom stereocenters. The Hall–Kier alpha value is -1.61. The minimum atomic E-state index is -0.593. The predicted molar refractivity (Wildman–Crippen MR) is 104 cm³/mol. The maximum Gasteiger partial charge on any atom is 0.302 e. The van der Waals surface area contributed by atoms with Crippen LogP contribution < -0.4 is 0 Å². The molecular weight excluding hydrogens is 312 g/mol. The molecule has 0 aliphatic heterocycles. The van der Waals surface area contributed by atoms with Crippen LogP contribution in [0.1, 0.15) is 67.2 Å². The molecule has 0 saturated carbocycles. The summed E-state index contributed by atoms with van der Waals surface area (Å²) in [6.45, 7) is 12.4. The molecule has 1 rings (SSSR count). The Bertz CT molecular complexity index is 588.